The Morgan fingerprint density at radius 1 is 1.35 bits per heavy atom. The SMILES string of the molecule is COc1cccc(CCNC(=O)c2ncccc2N)c1. The molecular formula is C15H17N3O2. The van der Waals surface area contributed by atoms with Crippen LogP contribution in [0.1, 0.15) is 16.1 Å². The van der Waals surface area contributed by atoms with E-state index in [1.165, 1.54) is 0 Å². The molecule has 0 aliphatic rings. The smallest absolute Gasteiger partial charge is 0.272 e. The van der Waals surface area contributed by atoms with Gasteiger partial charge in [-0.3, -0.25) is 4.79 Å². The summed E-state index contributed by atoms with van der Waals surface area (Å²) in [6.45, 7) is 0.516. The normalized spacial score (nSPS) is 10.1. The van der Waals surface area contributed by atoms with Crippen molar-refractivity contribution in [3.8, 4) is 5.75 Å². The van der Waals surface area contributed by atoms with Crippen LogP contribution in [0, 0.1) is 0 Å². The van der Waals surface area contributed by atoms with Crippen LogP contribution in [0.5, 0.6) is 5.75 Å². The Balaban J connectivity index is 1.89. The molecule has 20 heavy (non-hydrogen) atoms. The number of aromatic nitrogens is 1. The second-order valence-electron chi connectivity index (χ2n) is 4.30. The van der Waals surface area contributed by atoms with Crippen molar-refractivity contribution in [3.05, 3.63) is 53.9 Å². The summed E-state index contributed by atoms with van der Waals surface area (Å²) in [6.07, 6.45) is 2.27. The lowest BCUT2D eigenvalue weighted by Gasteiger charge is -2.07. The molecule has 0 bridgehead atoms. The maximum Gasteiger partial charge on any atom is 0.272 e. The highest BCUT2D eigenvalue weighted by Gasteiger charge is 2.09. The summed E-state index contributed by atoms with van der Waals surface area (Å²) >= 11 is 0. The van der Waals surface area contributed by atoms with Gasteiger partial charge in [0.25, 0.3) is 5.91 Å². The molecule has 2 rings (SSSR count). The summed E-state index contributed by atoms with van der Waals surface area (Å²) in [7, 11) is 1.63. The Kier molecular flexibility index (Phi) is 4.55. The van der Waals surface area contributed by atoms with E-state index in [1.54, 1.807) is 25.4 Å². The van der Waals surface area contributed by atoms with Crippen molar-refractivity contribution in [1.82, 2.24) is 10.3 Å². The van der Waals surface area contributed by atoms with Crippen molar-refractivity contribution in [2.75, 3.05) is 19.4 Å². The molecule has 3 N–H and O–H groups in total. The number of ether oxygens (including phenoxy) is 1. The number of nitrogen functional groups attached to an aromatic ring is 1. The van der Waals surface area contributed by atoms with E-state index < -0.39 is 0 Å². The van der Waals surface area contributed by atoms with Crippen LogP contribution in [0.3, 0.4) is 0 Å². The van der Waals surface area contributed by atoms with Crippen molar-refractivity contribution < 1.29 is 9.53 Å². The first-order valence-corrected chi connectivity index (χ1v) is 6.32. The lowest BCUT2D eigenvalue weighted by molar-refractivity contribution is 0.0950. The Hall–Kier alpha value is -2.56. The zero-order chi connectivity index (χ0) is 14.4. The van der Waals surface area contributed by atoms with Crippen molar-refractivity contribution >= 4 is 11.6 Å². The monoisotopic (exact) mass is 271 g/mol. The van der Waals surface area contributed by atoms with Gasteiger partial charge in [-0.1, -0.05) is 12.1 Å². The molecule has 5 heteroatoms. The first-order chi connectivity index (χ1) is 9.70. The predicted molar refractivity (Wildman–Crippen MR) is 77.7 cm³/mol. The molecule has 0 radical (unpaired) electrons. The Morgan fingerprint density at radius 3 is 2.95 bits per heavy atom. The number of nitrogens with zero attached hydrogens (tertiary/aromatic N) is 1. The van der Waals surface area contributed by atoms with Gasteiger partial charge in [0.1, 0.15) is 5.75 Å². The number of benzene rings is 1. The number of rotatable bonds is 5. The third kappa shape index (κ3) is 3.47. The minimum absolute atomic E-state index is 0.258. The number of methoxy groups -OCH3 is 1. The predicted octanol–water partition coefficient (Wildman–Crippen LogP) is 1.64. The maximum absolute atomic E-state index is 11.9. The van der Waals surface area contributed by atoms with E-state index in [4.69, 9.17) is 10.5 Å². The van der Waals surface area contributed by atoms with Crippen molar-refractivity contribution in [3.63, 3.8) is 0 Å². The summed E-state index contributed by atoms with van der Waals surface area (Å²) in [5.41, 5.74) is 7.44. The molecule has 1 heterocycles. The Labute approximate surface area is 117 Å². The molecule has 1 aromatic carbocycles. The molecule has 1 amide bonds. The topological polar surface area (TPSA) is 77.2 Å². The fraction of sp³-hybridized carbons (Fsp3) is 0.200. The lowest BCUT2D eigenvalue weighted by atomic mass is 10.1. The summed E-state index contributed by atoms with van der Waals surface area (Å²) in [4.78, 5) is 15.9. The number of pyridine rings is 1. The van der Waals surface area contributed by atoms with E-state index in [2.05, 4.69) is 10.3 Å². The Morgan fingerprint density at radius 2 is 2.20 bits per heavy atom. The molecule has 0 atom stereocenters. The first kappa shape index (κ1) is 13.9. The van der Waals surface area contributed by atoms with E-state index in [-0.39, 0.29) is 11.6 Å². The van der Waals surface area contributed by atoms with Crippen molar-refractivity contribution in [2.24, 2.45) is 0 Å². The third-order valence-corrected chi connectivity index (χ3v) is 2.89. The van der Waals surface area contributed by atoms with E-state index in [0.717, 1.165) is 17.7 Å². The van der Waals surface area contributed by atoms with Gasteiger partial charge < -0.3 is 15.8 Å². The summed E-state index contributed by atoms with van der Waals surface area (Å²) < 4.78 is 5.15. The second-order valence-corrected chi connectivity index (χ2v) is 4.30. The third-order valence-electron chi connectivity index (χ3n) is 2.89. The molecule has 0 unspecified atom stereocenters. The van der Waals surface area contributed by atoms with Gasteiger partial charge in [0.2, 0.25) is 0 Å². The van der Waals surface area contributed by atoms with E-state index in [0.29, 0.717) is 12.2 Å². The summed E-state index contributed by atoms with van der Waals surface area (Å²) in [6, 6.07) is 11.1. The zero-order valence-corrected chi connectivity index (χ0v) is 11.3. The quantitative estimate of drug-likeness (QED) is 0.866. The van der Waals surface area contributed by atoms with Gasteiger partial charge in [-0.15, -0.1) is 0 Å². The van der Waals surface area contributed by atoms with E-state index >= 15 is 0 Å². The van der Waals surface area contributed by atoms with Gasteiger partial charge in [0, 0.05) is 12.7 Å². The van der Waals surface area contributed by atoms with Crippen LogP contribution in [0.25, 0.3) is 0 Å². The lowest BCUT2D eigenvalue weighted by Crippen LogP contribution is -2.27. The number of anilines is 1. The number of carbonyl (C=O) groups is 1. The van der Waals surface area contributed by atoms with Gasteiger partial charge in [0.15, 0.2) is 5.69 Å². The molecule has 0 saturated carbocycles. The number of nitrogens with two attached hydrogens (primary N) is 1. The molecule has 104 valence electrons. The van der Waals surface area contributed by atoms with Crippen LogP contribution in [-0.4, -0.2) is 24.5 Å². The minimum atomic E-state index is -0.258. The number of hydrogen-bond acceptors (Lipinski definition) is 4. The maximum atomic E-state index is 11.9. The van der Waals surface area contributed by atoms with Gasteiger partial charge in [-0.2, -0.15) is 0 Å². The minimum Gasteiger partial charge on any atom is -0.497 e. The number of carbonyl (C=O) groups excluding carboxylic acids is 1. The highest BCUT2D eigenvalue weighted by molar-refractivity contribution is 5.96. The summed E-state index contributed by atoms with van der Waals surface area (Å²) in [5.74, 6) is 0.550. The van der Waals surface area contributed by atoms with E-state index in [9.17, 15) is 4.79 Å². The van der Waals surface area contributed by atoms with Crippen LogP contribution in [0.4, 0.5) is 5.69 Å². The van der Waals surface area contributed by atoms with Crippen LogP contribution in [-0.2, 0) is 6.42 Å². The average Bonchev–Trinajstić information content (AvgIpc) is 2.48. The molecule has 0 fully saturated rings. The molecule has 1 aromatic heterocycles. The highest BCUT2D eigenvalue weighted by Crippen LogP contribution is 2.12. The van der Waals surface area contributed by atoms with Crippen LogP contribution in [0.15, 0.2) is 42.6 Å². The van der Waals surface area contributed by atoms with Crippen LogP contribution >= 0.6 is 0 Å². The Bertz CT molecular complexity index is 599. The van der Waals surface area contributed by atoms with Crippen LogP contribution < -0.4 is 15.8 Å². The summed E-state index contributed by atoms with van der Waals surface area (Å²) in [5, 5.41) is 2.80. The zero-order valence-electron chi connectivity index (χ0n) is 11.3. The van der Waals surface area contributed by atoms with Crippen LogP contribution in [0.2, 0.25) is 0 Å². The van der Waals surface area contributed by atoms with Crippen molar-refractivity contribution in [1.29, 1.82) is 0 Å². The highest BCUT2D eigenvalue weighted by atomic mass is 16.5. The number of amides is 1. The fourth-order valence-electron chi connectivity index (χ4n) is 1.84. The van der Waals surface area contributed by atoms with Gasteiger partial charge in [-0.25, -0.2) is 4.98 Å². The largest absolute Gasteiger partial charge is 0.497 e. The molecule has 0 aliphatic carbocycles. The fourth-order valence-corrected chi connectivity index (χ4v) is 1.84. The van der Waals surface area contributed by atoms with E-state index in [1.807, 2.05) is 24.3 Å². The molecule has 0 aliphatic heterocycles. The molecule has 2 aromatic rings. The molecule has 0 saturated heterocycles. The standard InChI is InChI=1S/C15H17N3O2/c1-20-12-5-2-4-11(10-12)7-9-18-15(19)14-13(16)6-3-8-17-14/h2-6,8,10H,7,9,16H2,1H3,(H,18,19). The van der Waals surface area contributed by atoms with Crippen molar-refractivity contribution in [2.45, 2.75) is 6.42 Å². The second kappa shape index (κ2) is 6.56. The first-order valence-electron chi connectivity index (χ1n) is 6.32. The van der Waals surface area contributed by atoms with Gasteiger partial charge in [0.05, 0.1) is 12.8 Å². The molecular weight excluding hydrogens is 254 g/mol. The van der Waals surface area contributed by atoms with Gasteiger partial charge in [-0.05, 0) is 36.2 Å². The molecule has 0 spiro atoms. The number of nitrogens with one attached hydrogen (secondary N) is 1. The average molecular weight is 271 g/mol. The number of hydrogen-bond donors (Lipinski definition) is 2. The van der Waals surface area contributed by atoms with Gasteiger partial charge >= 0.3 is 0 Å². The molecule has 5 nitrogen and oxygen atoms in total.